The number of carbonyl (C=O) groups is 1. The van der Waals surface area contributed by atoms with Gasteiger partial charge in [0.25, 0.3) is 10.0 Å². The van der Waals surface area contributed by atoms with Gasteiger partial charge in [-0.25, -0.2) is 12.8 Å². The number of benzene rings is 3. The lowest BCUT2D eigenvalue weighted by Crippen LogP contribution is -2.48. The van der Waals surface area contributed by atoms with E-state index in [1.165, 1.54) is 24.3 Å². The molecule has 0 aliphatic carbocycles. The summed E-state index contributed by atoms with van der Waals surface area (Å²) in [6.07, 6.45) is -5.41. The van der Waals surface area contributed by atoms with Gasteiger partial charge < -0.3 is 14.6 Å². The van der Waals surface area contributed by atoms with E-state index < -0.39 is 50.0 Å². The zero-order chi connectivity index (χ0) is 29.6. The maximum Gasteiger partial charge on any atom is 0.416 e. The van der Waals surface area contributed by atoms with Crippen molar-refractivity contribution >= 4 is 33.3 Å². The van der Waals surface area contributed by atoms with Gasteiger partial charge in [-0.2, -0.15) is 13.2 Å². The third kappa shape index (κ3) is 5.73. The van der Waals surface area contributed by atoms with Gasteiger partial charge in [0.15, 0.2) is 0 Å². The topological polar surface area (TPSA) is 93.1 Å². The molecule has 0 aromatic heterocycles. The first kappa shape index (κ1) is 29.2. The third-order valence-electron chi connectivity index (χ3n) is 7.40. The molecule has 0 amide bonds. The van der Waals surface area contributed by atoms with Crippen molar-refractivity contribution in [1.82, 2.24) is 0 Å². The quantitative estimate of drug-likeness (QED) is 0.324. The van der Waals surface area contributed by atoms with Crippen LogP contribution in [-0.4, -0.2) is 45.4 Å². The molecular weight excluding hydrogens is 590 g/mol. The molecule has 1 saturated heterocycles. The summed E-state index contributed by atoms with van der Waals surface area (Å²) in [7, 11) is -4.62. The Hall–Kier alpha value is -3.35. The van der Waals surface area contributed by atoms with Crippen LogP contribution in [0, 0.1) is 11.2 Å². The maximum absolute atomic E-state index is 14.0. The fraction of sp³-hybridized carbons (Fsp3) is 0.321. The van der Waals surface area contributed by atoms with E-state index in [0.717, 1.165) is 28.6 Å². The number of carboxylic acid groups (broad SMARTS) is 1. The number of ether oxygens (including phenoxy) is 2. The van der Waals surface area contributed by atoms with E-state index in [1.807, 2.05) is 0 Å². The number of hydrogen-bond donors (Lipinski definition) is 1. The first-order valence-electron chi connectivity index (χ1n) is 12.6. The number of alkyl halides is 3. The van der Waals surface area contributed by atoms with Gasteiger partial charge in [0.05, 0.1) is 28.1 Å². The van der Waals surface area contributed by atoms with E-state index in [9.17, 15) is 35.9 Å². The number of halogens is 5. The fourth-order valence-corrected chi connectivity index (χ4v) is 6.97. The summed E-state index contributed by atoms with van der Waals surface area (Å²) in [5, 5.41) is 10.2. The maximum atomic E-state index is 14.0. The summed E-state index contributed by atoms with van der Waals surface area (Å²) >= 11 is 6.27. The molecule has 41 heavy (non-hydrogen) atoms. The molecule has 13 heteroatoms. The molecule has 2 heterocycles. The van der Waals surface area contributed by atoms with Gasteiger partial charge in [0.1, 0.15) is 17.7 Å². The molecule has 3 aromatic rings. The number of aliphatic carboxylic acids is 1. The summed E-state index contributed by atoms with van der Waals surface area (Å²) in [5.41, 5.74) is -1.78. The number of nitrogens with zero attached hydrogens (tertiary/aromatic N) is 1. The van der Waals surface area contributed by atoms with Gasteiger partial charge in [-0.15, -0.1) is 0 Å². The number of anilines is 1. The molecule has 1 atom stereocenters. The number of hydrogen-bond acceptors (Lipinski definition) is 5. The highest BCUT2D eigenvalue weighted by atomic mass is 35.5. The Labute approximate surface area is 238 Å². The van der Waals surface area contributed by atoms with Gasteiger partial charge >= 0.3 is 12.1 Å². The molecular formula is C28H24ClF4NO6S. The Morgan fingerprint density at radius 2 is 1.80 bits per heavy atom. The predicted molar refractivity (Wildman–Crippen MR) is 142 cm³/mol. The monoisotopic (exact) mass is 613 g/mol. The smallest absolute Gasteiger partial charge is 0.416 e. The molecule has 2 aliphatic heterocycles. The highest BCUT2D eigenvalue weighted by Crippen LogP contribution is 2.45. The van der Waals surface area contributed by atoms with E-state index >= 15 is 0 Å². The highest BCUT2D eigenvalue weighted by Gasteiger charge is 2.45. The minimum Gasteiger partial charge on any atom is -0.486 e. The summed E-state index contributed by atoms with van der Waals surface area (Å²) in [6, 6.07) is 11.4. The summed E-state index contributed by atoms with van der Waals surface area (Å²) < 4.78 is 94.6. The number of carboxylic acids is 1. The third-order valence-corrected chi connectivity index (χ3v) is 9.51. The summed E-state index contributed by atoms with van der Waals surface area (Å²) in [4.78, 5) is 11.7. The molecule has 3 aromatic carbocycles. The lowest BCUT2D eigenvalue weighted by Gasteiger charge is -2.40. The molecule has 0 spiro atoms. The molecule has 218 valence electrons. The lowest BCUT2D eigenvalue weighted by molar-refractivity contribution is -0.157. The average Bonchev–Trinajstić information content (AvgIpc) is 2.93. The first-order chi connectivity index (χ1) is 19.3. The van der Waals surface area contributed by atoms with Crippen LogP contribution in [0.4, 0.5) is 23.2 Å². The Balaban J connectivity index is 1.61. The Morgan fingerprint density at radius 1 is 1.07 bits per heavy atom. The average molecular weight is 614 g/mol. The largest absolute Gasteiger partial charge is 0.486 e. The molecule has 0 radical (unpaired) electrons. The zero-order valence-electron chi connectivity index (χ0n) is 21.3. The van der Waals surface area contributed by atoms with Crippen LogP contribution < -0.4 is 9.04 Å². The van der Waals surface area contributed by atoms with Crippen molar-refractivity contribution in [2.45, 2.75) is 36.4 Å². The molecule has 1 fully saturated rings. The zero-order valence-corrected chi connectivity index (χ0v) is 22.9. The summed E-state index contributed by atoms with van der Waals surface area (Å²) in [6.45, 7) is 0.0427. The van der Waals surface area contributed by atoms with Crippen LogP contribution >= 0.6 is 11.6 Å². The second-order valence-corrected chi connectivity index (χ2v) is 12.3. The fourth-order valence-electron chi connectivity index (χ4n) is 5.20. The molecule has 7 nitrogen and oxygen atoms in total. The van der Waals surface area contributed by atoms with Crippen molar-refractivity contribution in [3.05, 3.63) is 77.1 Å². The summed E-state index contributed by atoms with van der Waals surface area (Å²) in [5.74, 6) is -1.58. The minimum absolute atomic E-state index is 0.00663. The Kier molecular flexibility index (Phi) is 7.68. The molecule has 5 rings (SSSR count). The Morgan fingerprint density at radius 3 is 2.49 bits per heavy atom. The van der Waals surface area contributed by atoms with Gasteiger partial charge in [-0.05, 0) is 66.9 Å². The second-order valence-electron chi connectivity index (χ2n) is 10.0. The number of sulfonamides is 1. The van der Waals surface area contributed by atoms with Crippen LogP contribution in [-0.2, 0) is 25.7 Å². The normalized spacial score (nSPS) is 18.9. The van der Waals surface area contributed by atoms with Crippen LogP contribution in [0.5, 0.6) is 5.75 Å². The molecule has 2 aliphatic rings. The Bertz CT molecular complexity index is 1590. The van der Waals surface area contributed by atoms with Crippen LogP contribution in [0.25, 0.3) is 11.1 Å². The van der Waals surface area contributed by atoms with Crippen molar-refractivity contribution in [2.24, 2.45) is 5.41 Å². The van der Waals surface area contributed by atoms with Crippen LogP contribution in [0.15, 0.2) is 65.6 Å². The second kappa shape index (κ2) is 10.8. The van der Waals surface area contributed by atoms with Crippen molar-refractivity contribution in [1.29, 1.82) is 0 Å². The molecule has 1 N–H and O–H groups in total. The van der Waals surface area contributed by atoms with E-state index in [2.05, 4.69) is 0 Å². The van der Waals surface area contributed by atoms with E-state index in [4.69, 9.17) is 21.1 Å². The number of rotatable bonds is 6. The van der Waals surface area contributed by atoms with Crippen molar-refractivity contribution < 1.29 is 45.4 Å². The van der Waals surface area contributed by atoms with Gasteiger partial charge in [0.2, 0.25) is 0 Å². The van der Waals surface area contributed by atoms with E-state index in [1.54, 1.807) is 6.07 Å². The van der Waals surface area contributed by atoms with Crippen molar-refractivity contribution in [3.63, 3.8) is 0 Å². The lowest BCUT2D eigenvalue weighted by atomic mass is 9.75. The van der Waals surface area contributed by atoms with Gasteiger partial charge in [0, 0.05) is 30.2 Å². The first-order valence-corrected chi connectivity index (χ1v) is 14.4. The van der Waals surface area contributed by atoms with Crippen LogP contribution in [0.2, 0.25) is 5.02 Å². The SMILES string of the molecule is O=C(O)C1(CC2CN(S(=O)(=O)c3cccc(C(F)(F)F)c3)c3cc(-c4cc(F)ccc4Cl)ccc3O2)CCOCC1. The van der Waals surface area contributed by atoms with Crippen molar-refractivity contribution in [3.8, 4) is 16.9 Å². The van der Waals surface area contributed by atoms with E-state index in [0.29, 0.717) is 11.6 Å². The molecule has 1 unspecified atom stereocenters. The van der Waals surface area contributed by atoms with E-state index in [-0.39, 0.29) is 61.0 Å². The van der Waals surface area contributed by atoms with Crippen LogP contribution in [0.1, 0.15) is 24.8 Å². The standard InChI is InChI=1S/C28H24ClF4NO6S/c29-23-6-5-19(30)14-22(23)17-4-7-25-24(12-17)34(41(37,38)21-3-1-2-18(13-21)28(31,32)33)16-20(40-25)15-27(26(35)36)8-10-39-11-9-27/h1-7,12-14,20H,8-11,15-16H2,(H,35,36). The highest BCUT2D eigenvalue weighted by molar-refractivity contribution is 7.92. The minimum atomic E-state index is -4.78. The predicted octanol–water partition coefficient (Wildman–Crippen LogP) is 6.39. The van der Waals surface area contributed by atoms with Gasteiger partial charge in [-0.3, -0.25) is 9.10 Å². The number of fused-ring (bicyclic) bond motifs is 1. The molecule has 0 bridgehead atoms. The van der Waals surface area contributed by atoms with Crippen molar-refractivity contribution in [2.75, 3.05) is 24.1 Å². The van der Waals surface area contributed by atoms with Gasteiger partial charge in [-0.1, -0.05) is 23.7 Å². The van der Waals surface area contributed by atoms with Crippen LogP contribution in [0.3, 0.4) is 0 Å². The molecule has 0 saturated carbocycles.